The lowest BCUT2D eigenvalue weighted by Crippen LogP contribution is -2.33. The van der Waals surface area contributed by atoms with Gasteiger partial charge >= 0.3 is 6.03 Å². The summed E-state index contributed by atoms with van der Waals surface area (Å²) in [6, 6.07) is 8.11. The van der Waals surface area contributed by atoms with Crippen molar-refractivity contribution >= 4 is 11.7 Å². The molecule has 1 aromatic rings. The number of carbonyl (C=O) groups is 1. The molecule has 2 rings (SSSR count). The lowest BCUT2D eigenvalue weighted by atomic mass is 10.1. The Bertz CT molecular complexity index is 478. The van der Waals surface area contributed by atoms with Crippen LogP contribution in [0.5, 0.6) is 0 Å². The highest BCUT2D eigenvalue weighted by atomic mass is 16.3. The van der Waals surface area contributed by atoms with Gasteiger partial charge in [-0.1, -0.05) is 12.1 Å². The lowest BCUT2D eigenvalue weighted by Gasteiger charge is -2.18. The van der Waals surface area contributed by atoms with Crippen LogP contribution in [0.3, 0.4) is 0 Å². The summed E-state index contributed by atoms with van der Waals surface area (Å²) >= 11 is 0. The maximum atomic E-state index is 12.3. The van der Waals surface area contributed by atoms with E-state index in [0.717, 1.165) is 37.2 Å². The van der Waals surface area contributed by atoms with Crippen molar-refractivity contribution in [3.8, 4) is 0 Å². The van der Waals surface area contributed by atoms with Crippen LogP contribution in [0.2, 0.25) is 0 Å². The number of anilines is 1. The summed E-state index contributed by atoms with van der Waals surface area (Å²) in [6.45, 7) is 3.78. The van der Waals surface area contributed by atoms with Gasteiger partial charge < -0.3 is 20.6 Å². The number of hydrogen-bond donors (Lipinski definition) is 3. The number of aliphatic hydroxyl groups excluding tert-OH is 1. The number of hydrogen-bond acceptors (Lipinski definition) is 3. The molecule has 2 atom stereocenters. The molecule has 1 aliphatic rings. The van der Waals surface area contributed by atoms with Crippen molar-refractivity contribution in [3.05, 3.63) is 29.8 Å². The van der Waals surface area contributed by atoms with Crippen molar-refractivity contribution in [2.45, 2.75) is 25.8 Å². The van der Waals surface area contributed by atoms with Gasteiger partial charge in [-0.15, -0.1) is 0 Å². The second-order valence-corrected chi connectivity index (χ2v) is 5.68. The fourth-order valence-electron chi connectivity index (χ4n) is 2.69. The zero-order valence-corrected chi connectivity index (χ0v) is 12.8. The van der Waals surface area contributed by atoms with Crippen molar-refractivity contribution in [1.82, 2.24) is 10.2 Å². The molecular formula is C16H25N3O2. The largest absolute Gasteiger partial charge is 0.396 e. The van der Waals surface area contributed by atoms with E-state index in [4.69, 9.17) is 5.11 Å². The minimum atomic E-state index is -0.0512. The monoisotopic (exact) mass is 291 g/mol. The van der Waals surface area contributed by atoms with Crippen molar-refractivity contribution < 1.29 is 9.90 Å². The number of carbonyl (C=O) groups excluding carboxylic acids is 1. The predicted octanol–water partition coefficient (Wildman–Crippen LogP) is 2.20. The van der Waals surface area contributed by atoms with Crippen LogP contribution < -0.4 is 10.6 Å². The first-order chi connectivity index (χ1) is 10.1. The Morgan fingerprint density at radius 2 is 2.33 bits per heavy atom. The summed E-state index contributed by atoms with van der Waals surface area (Å²) < 4.78 is 0. The van der Waals surface area contributed by atoms with Gasteiger partial charge in [-0.25, -0.2) is 4.79 Å². The SMILES string of the molecule is CNC(C)c1cccc(NC(=O)N2CCC(CCO)C2)c1. The summed E-state index contributed by atoms with van der Waals surface area (Å²) in [5.74, 6) is 0.427. The fraction of sp³-hybridized carbons (Fsp3) is 0.562. The van der Waals surface area contributed by atoms with E-state index in [-0.39, 0.29) is 18.7 Å². The van der Waals surface area contributed by atoms with Crippen LogP contribution in [0.1, 0.15) is 31.4 Å². The number of nitrogens with zero attached hydrogens (tertiary/aromatic N) is 1. The van der Waals surface area contributed by atoms with Gasteiger partial charge in [-0.2, -0.15) is 0 Å². The standard InChI is InChI=1S/C16H25N3O2/c1-12(17-2)14-4-3-5-15(10-14)18-16(21)19-8-6-13(11-19)7-9-20/h3-5,10,12-13,17,20H,6-9,11H2,1-2H3,(H,18,21). The number of urea groups is 1. The van der Waals surface area contributed by atoms with Crippen molar-refractivity contribution in [1.29, 1.82) is 0 Å². The third-order valence-corrected chi connectivity index (χ3v) is 4.18. The molecule has 21 heavy (non-hydrogen) atoms. The highest BCUT2D eigenvalue weighted by molar-refractivity contribution is 5.89. The molecule has 0 radical (unpaired) electrons. The van der Waals surface area contributed by atoms with Crippen LogP contribution in [0, 0.1) is 5.92 Å². The molecule has 0 spiro atoms. The zero-order valence-electron chi connectivity index (χ0n) is 12.8. The van der Waals surface area contributed by atoms with Crippen LogP contribution >= 0.6 is 0 Å². The molecule has 1 aromatic carbocycles. The van der Waals surface area contributed by atoms with Gasteiger partial charge in [0.1, 0.15) is 0 Å². The number of likely N-dealkylation sites (tertiary alicyclic amines) is 1. The molecule has 5 nitrogen and oxygen atoms in total. The Labute approximate surface area is 126 Å². The molecule has 0 aliphatic carbocycles. The molecule has 2 amide bonds. The quantitative estimate of drug-likeness (QED) is 0.779. The minimum Gasteiger partial charge on any atom is -0.396 e. The molecule has 1 aliphatic heterocycles. The van der Waals surface area contributed by atoms with Gasteiger partial charge in [0, 0.05) is 31.4 Å². The topological polar surface area (TPSA) is 64.6 Å². The van der Waals surface area contributed by atoms with Crippen molar-refractivity contribution in [3.63, 3.8) is 0 Å². The number of amides is 2. The molecule has 0 bridgehead atoms. The minimum absolute atomic E-state index is 0.0512. The van der Waals surface area contributed by atoms with Crippen LogP contribution in [0.4, 0.5) is 10.5 Å². The first-order valence-electron chi connectivity index (χ1n) is 7.58. The first kappa shape index (κ1) is 15.8. The smallest absolute Gasteiger partial charge is 0.321 e. The number of nitrogens with one attached hydrogen (secondary N) is 2. The molecular weight excluding hydrogens is 266 g/mol. The first-order valence-corrected chi connectivity index (χ1v) is 7.58. The van der Waals surface area contributed by atoms with Gasteiger partial charge in [0.05, 0.1) is 0 Å². The van der Waals surface area contributed by atoms with E-state index in [1.807, 2.05) is 36.2 Å². The molecule has 2 unspecified atom stereocenters. The van der Waals surface area contributed by atoms with E-state index in [2.05, 4.69) is 17.6 Å². The molecule has 1 saturated heterocycles. The van der Waals surface area contributed by atoms with E-state index in [0.29, 0.717) is 5.92 Å². The van der Waals surface area contributed by atoms with Crippen LogP contribution in [-0.4, -0.2) is 42.8 Å². The zero-order chi connectivity index (χ0) is 15.2. The molecule has 3 N–H and O–H groups in total. The molecule has 0 aromatic heterocycles. The van der Waals surface area contributed by atoms with Gasteiger partial charge in [-0.05, 0) is 50.4 Å². The van der Waals surface area contributed by atoms with Gasteiger partial charge in [0.2, 0.25) is 0 Å². The third kappa shape index (κ3) is 4.19. The van der Waals surface area contributed by atoms with Gasteiger partial charge in [0.25, 0.3) is 0 Å². The normalized spacial score (nSPS) is 19.6. The van der Waals surface area contributed by atoms with Crippen LogP contribution in [0.15, 0.2) is 24.3 Å². The summed E-state index contributed by atoms with van der Waals surface area (Å²) in [6.07, 6.45) is 1.75. The number of aliphatic hydroxyl groups is 1. The highest BCUT2D eigenvalue weighted by Crippen LogP contribution is 2.21. The molecule has 0 saturated carbocycles. The third-order valence-electron chi connectivity index (χ3n) is 4.18. The van der Waals surface area contributed by atoms with E-state index < -0.39 is 0 Å². The van der Waals surface area contributed by atoms with E-state index in [1.165, 1.54) is 0 Å². The van der Waals surface area contributed by atoms with Gasteiger partial charge in [0.15, 0.2) is 0 Å². The summed E-state index contributed by atoms with van der Waals surface area (Å²) in [7, 11) is 1.92. The maximum absolute atomic E-state index is 12.3. The number of rotatable bonds is 5. The van der Waals surface area contributed by atoms with Crippen molar-refractivity contribution in [2.24, 2.45) is 5.92 Å². The van der Waals surface area contributed by atoms with Gasteiger partial charge in [-0.3, -0.25) is 0 Å². The number of benzene rings is 1. The Hall–Kier alpha value is -1.59. The fourth-order valence-corrected chi connectivity index (χ4v) is 2.69. The molecule has 116 valence electrons. The summed E-state index contributed by atoms with van der Waals surface area (Å²) in [5.41, 5.74) is 1.97. The van der Waals surface area contributed by atoms with E-state index >= 15 is 0 Å². The lowest BCUT2D eigenvalue weighted by molar-refractivity contribution is 0.217. The molecule has 1 fully saturated rings. The Kier molecular flexibility index (Phi) is 5.59. The van der Waals surface area contributed by atoms with Crippen LogP contribution in [0.25, 0.3) is 0 Å². The summed E-state index contributed by atoms with van der Waals surface area (Å²) in [4.78, 5) is 14.1. The molecule has 1 heterocycles. The Morgan fingerprint density at radius 3 is 3.05 bits per heavy atom. The Morgan fingerprint density at radius 1 is 1.52 bits per heavy atom. The summed E-state index contributed by atoms with van der Waals surface area (Å²) in [5, 5.41) is 15.1. The highest BCUT2D eigenvalue weighted by Gasteiger charge is 2.25. The average Bonchev–Trinajstić information content (AvgIpc) is 2.96. The van der Waals surface area contributed by atoms with E-state index in [1.54, 1.807) is 0 Å². The Balaban J connectivity index is 1.94. The second-order valence-electron chi connectivity index (χ2n) is 5.68. The van der Waals surface area contributed by atoms with Crippen molar-refractivity contribution in [2.75, 3.05) is 32.1 Å². The van der Waals surface area contributed by atoms with E-state index in [9.17, 15) is 4.79 Å². The van der Waals surface area contributed by atoms with Crippen LogP contribution in [-0.2, 0) is 0 Å². The molecule has 5 heteroatoms. The second kappa shape index (κ2) is 7.43. The predicted molar refractivity (Wildman–Crippen MR) is 84.3 cm³/mol. The maximum Gasteiger partial charge on any atom is 0.321 e. The average molecular weight is 291 g/mol.